The number of aromatic nitrogens is 2. The summed E-state index contributed by atoms with van der Waals surface area (Å²) in [5.41, 5.74) is 7.96. The van der Waals surface area contributed by atoms with Crippen LogP contribution in [0.25, 0.3) is 0 Å². The average Bonchev–Trinajstić information content (AvgIpc) is 3.46. The molecule has 2 fully saturated rings. The minimum absolute atomic E-state index is 0.0302. The number of benzene rings is 1. The number of likely N-dealkylation sites (tertiary alicyclic amines) is 1. The Morgan fingerprint density at radius 1 is 1.21 bits per heavy atom. The number of aliphatic imine (C=N–C) groups is 1. The van der Waals surface area contributed by atoms with Gasteiger partial charge in [0.25, 0.3) is 0 Å². The van der Waals surface area contributed by atoms with Crippen LogP contribution >= 0.6 is 11.8 Å². The number of amides is 2. The van der Waals surface area contributed by atoms with Crippen LogP contribution in [0.5, 0.6) is 0 Å². The van der Waals surface area contributed by atoms with Crippen LogP contribution in [-0.2, 0) is 7.05 Å². The summed E-state index contributed by atoms with van der Waals surface area (Å²) in [5, 5.41) is 3.78. The minimum atomic E-state index is -0.0302. The molecule has 2 heterocycles. The number of amidine groups is 1. The lowest BCUT2D eigenvalue weighted by Crippen LogP contribution is -2.37. The molecule has 9 nitrogen and oxygen atoms in total. The van der Waals surface area contributed by atoms with Crippen LogP contribution in [-0.4, -0.2) is 53.0 Å². The summed E-state index contributed by atoms with van der Waals surface area (Å²) in [6, 6.07) is 9.73. The molecule has 4 rings (SSSR count). The number of nitrogens with one attached hydrogen (secondary N) is 3. The lowest BCUT2D eigenvalue weighted by Gasteiger charge is -2.16. The summed E-state index contributed by atoms with van der Waals surface area (Å²) in [7, 11) is 3.67. The van der Waals surface area contributed by atoms with Gasteiger partial charge in [0.1, 0.15) is 16.3 Å². The number of hydrogen-bond acceptors (Lipinski definition) is 6. The number of hydrazine groups is 1. The SMILES string of the molecule is CN=c1cc(Sc2ccc(NC(=O)N3CCCC3)cc2)nc(/N=C(\C)NNCC2CC2)n1C. The summed E-state index contributed by atoms with van der Waals surface area (Å²) in [6.45, 7) is 4.53. The van der Waals surface area contributed by atoms with Crippen molar-refractivity contribution in [3.05, 3.63) is 35.8 Å². The van der Waals surface area contributed by atoms with Gasteiger partial charge in [-0.25, -0.2) is 15.2 Å². The fraction of sp³-hybridized carbons (Fsp3) is 0.478. The molecule has 0 unspecified atom stereocenters. The molecule has 1 aliphatic carbocycles. The molecule has 3 N–H and O–H groups in total. The maximum Gasteiger partial charge on any atom is 0.321 e. The third kappa shape index (κ3) is 6.58. The molecular weight excluding hydrogens is 436 g/mol. The molecule has 1 aromatic carbocycles. The van der Waals surface area contributed by atoms with Gasteiger partial charge in [0.15, 0.2) is 0 Å². The second-order valence-corrected chi connectivity index (χ2v) is 9.53. The van der Waals surface area contributed by atoms with Crippen molar-refractivity contribution >= 4 is 35.3 Å². The molecule has 2 amide bonds. The summed E-state index contributed by atoms with van der Waals surface area (Å²) in [5.74, 6) is 2.11. The normalized spacial score (nSPS) is 16.9. The Morgan fingerprint density at radius 2 is 1.94 bits per heavy atom. The Kier molecular flexibility index (Phi) is 7.66. The molecule has 1 aromatic heterocycles. The maximum atomic E-state index is 12.3. The van der Waals surface area contributed by atoms with Gasteiger partial charge in [0.2, 0.25) is 5.95 Å². The van der Waals surface area contributed by atoms with E-state index in [-0.39, 0.29) is 6.03 Å². The van der Waals surface area contributed by atoms with Crippen molar-refractivity contribution in [2.75, 3.05) is 32.0 Å². The molecule has 176 valence electrons. The highest BCUT2D eigenvalue weighted by molar-refractivity contribution is 7.99. The standard InChI is InChI=1S/C23H32N8OS/c1-16(29-25-15-17-6-7-17)26-22-28-21(14-20(24-2)30(22)3)33-19-10-8-18(9-11-19)27-23(32)31-12-4-5-13-31/h8-11,14,17,25H,4-7,12-13,15H2,1-3H3,(H,27,32)(H,26,28,29). The van der Waals surface area contributed by atoms with Crippen LogP contribution in [0.1, 0.15) is 32.6 Å². The Labute approximate surface area is 198 Å². The van der Waals surface area contributed by atoms with Crippen molar-refractivity contribution in [2.45, 2.75) is 42.5 Å². The highest BCUT2D eigenvalue weighted by atomic mass is 32.2. The summed E-state index contributed by atoms with van der Waals surface area (Å²) in [6.07, 6.45) is 4.76. The van der Waals surface area contributed by atoms with E-state index in [0.29, 0.717) is 5.95 Å². The van der Waals surface area contributed by atoms with Gasteiger partial charge in [-0.1, -0.05) is 11.8 Å². The first-order valence-electron chi connectivity index (χ1n) is 11.4. The molecule has 1 saturated heterocycles. The lowest BCUT2D eigenvalue weighted by atomic mass is 10.3. The van der Waals surface area contributed by atoms with Gasteiger partial charge >= 0.3 is 6.03 Å². The van der Waals surface area contributed by atoms with Crippen LogP contribution in [0, 0.1) is 5.92 Å². The third-order valence-corrected chi connectivity index (χ3v) is 6.61. The smallest absolute Gasteiger partial charge is 0.321 e. The van der Waals surface area contributed by atoms with Crippen molar-refractivity contribution in [3.63, 3.8) is 0 Å². The van der Waals surface area contributed by atoms with Gasteiger partial charge in [-0.2, -0.15) is 4.99 Å². The van der Waals surface area contributed by atoms with Crippen LogP contribution < -0.4 is 21.7 Å². The first-order valence-corrected chi connectivity index (χ1v) is 12.2. The third-order valence-electron chi connectivity index (χ3n) is 5.68. The van der Waals surface area contributed by atoms with Crippen molar-refractivity contribution in [1.82, 2.24) is 25.3 Å². The topological polar surface area (TPSA) is 98.9 Å². The van der Waals surface area contributed by atoms with Crippen molar-refractivity contribution < 1.29 is 4.79 Å². The second kappa shape index (κ2) is 10.8. The molecule has 0 spiro atoms. The van der Waals surface area contributed by atoms with E-state index in [4.69, 9.17) is 4.98 Å². The molecule has 2 aromatic rings. The van der Waals surface area contributed by atoms with Gasteiger partial charge in [-0.3, -0.25) is 9.56 Å². The number of hydrogen-bond donors (Lipinski definition) is 3. The summed E-state index contributed by atoms with van der Waals surface area (Å²) >= 11 is 1.54. The van der Waals surface area contributed by atoms with Gasteiger partial charge < -0.3 is 15.6 Å². The number of urea groups is 1. The summed E-state index contributed by atoms with van der Waals surface area (Å²) in [4.78, 5) is 28.9. The zero-order valence-electron chi connectivity index (χ0n) is 19.5. The van der Waals surface area contributed by atoms with Crippen molar-refractivity contribution in [1.29, 1.82) is 0 Å². The van der Waals surface area contributed by atoms with Crippen LogP contribution in [0.3, 0.4) is 0 Å². The van der Waals surface area contributed by atoms with E-state index in [1.54, 1.807) is 7.05 Å². The van der Waals surface area contributed by atoms with E-state index in [0.717, 1.165) is 65.3 Å². The van der Waals surface area contributed by atoms with Crippen molar-refractivity contribution in [3.8, 4) is 0 Å². The van der Waals surface area contributed by atoms with Gasteiger partial charge in [0.05, 0.1) is 0 Å². The first kappa shape index (κ1) is 23.3. The fourth-order valence-corrected chi connectivity index (χ4v) is 4.36. The molecule has 0 atom stereocenters. The van der Waals surface area contributed by atoms with Crippen molar-refractivity contribution in [2.24, 2.45) is 23.0 Å². The zero-order chi connectivity index (χ0) is 23.2. The predicted molar refractivity (Wildman–Crippen MR) is 132 cm³/mol. The Balaban J connectivity index is 1.43. The minimum Gasteiger partial charge on any atom is -0.325 e. The molecule has 2 aliphatic rings. The van der Waals surface area contributed by atoms with E-state index in [2.05, 4.69) is 26.2 Å². The lowest BCUT2D eigenvalue weighted by molar-refractivity contribution is 0.222. The van der Waals surface area contributed by atoms with E-state index < -0.39 is 0 Å². The molecule has 10 heteroatoms. The van der Waals surface area contributed by atoms with Crippen LogP contribution in [0.15, 0.2) is 50.2 Å². The number of rotatable bonds is 7. The number of carbonyl (C=O) groups is 1. The maximum absolute atomic E-state index is 12.3. The highest BCUT2D eigenvalue weighted by Gasteiger charge is 2.20. The second-order valence-electron chi connectivity index (χ2n) is 8.43. The average molecular weight is 469 g/mol. The van der Waals surface area contributed by atoms with Crippen LogP contribution in [0.2, 0.25) is 0 Å². The predicted octanol–water partition coefficient (Wildman–Crippen LogP) is 3.28. The molecule has 33 heavy (non-hydrogen) atoms. The van der Waals surface area contributed by atoms with E-state index in [9.17, 15) is 4.79 Å². The monoisotopic (exact) mass is 468 g/mol. The van der Waals surface area contributed by atoms with Crippen LogP contribution in [0.4, 0.5) is 16.4 Å². The largest absolute Gasteiger partial charge is 0.325 e. The number of carbonyl (C=O) groups excluding carboxylic acids is 1. The molecule has 1 saturated carbocycles. The van der Waals surface area contributed by atoms with E-state index in [1.165, 1.54) is 24.6 Å². The first-order chi connectivity index (χ1) is 16.0. The van der Waals surface area contributed by atoms with Gasteiger partial charge in [-0.15, -0.1) is 0 Å². The number of anilines is 1. The van der Waals surface area contributed by atoms with E-state index in [1.807, 2.05) is 53.8 Å². The van der Waals surface area contributed by atoms with Gasteiger partial charge in [0, 0.05) is 50.4 Å². The highest BCUT2D eigenvalue weighted by Crippen LogP contribution is 2.28. The quantitative estimate of drug-likeness (QED) is 0.251. The molecule has 0 bridgehead atoms. The molecule has 0 radical (unpaired) electrons. The summed E-state index contributed by atoms with van der Waals surface area (Å²) < 4.78 is 1.87. The molecule has 1 aliphatic heterocycles. The van der Waals surface area contributed by atoms with Gasteiger partial charge in [-0.05, 0) is 62.8 Å². The van der Waals surface area contributed by atoms with E-state index >= 15 is 0 Å². The fourth-order valence-electron chi connectivity index (χ4n) is 3.56. The number of nitrogens with zero attached hydrogens (tertiary/aromatic N) is 5. The Morgan fingerprint density at radius 3 is 2.61 bits per heavy atom. The Hall–Kier alpha value is -2.85. The zero-order valence-corrected chi connectivity index (χ0v) is 20.3. The molecular formula is C23H32N8OS. The Bertz CT molecular complexity index is 1070.